The van der Waals surface area contributed by atoms with E-state index in [0.717, 1.165) is 12.3 Å². The van der Waals surface area contributed by atoms with E-state index in [2.05, 4.69) is 10.4 Å². The second-order valence-corrected chi connectivity index (χ2v) is 2.96. The van der Waals surface area contributed by atoms with Gasteiger partial charge in [0.05, 0.1) is 5.57 Å². The van der Waals surface area contributed by atoms with Gasteiger partial charge in [0.1, 0.15) is 0 Å². The molecule has 1 unspecified atom stereocenters. The molecular weight excluding hydrogens is 154 g/mol. The average molecular weight is 167 g/mol. The molecule has 1 heterocycles. The molecule has 1 aliphatic heterocycles. The molecule has 0 aromatic heterocycles. The maximum Gasteiger partial charge on any atom is 0.266 e. The third kappa shape index (κ3) is 1.71. The van der Waals surface area contributed by atoms with Gasteiger partial charge in [-0.15, -0.1) is 0 Å². The second-order valence-electron chi connectivity index (χ2n) is 2.96. The van der Waals surface area contributed by atoms with Crippen molar-refractivity contribution in [1.29, 1.82) is 0 Å². The lowest BCUT2D eigenvalue weighted by Gasteiger charge is -2.14. The summed E-state index contributed by atoms with van der Waals surface area (Å²) in [6, 6.07) is 0. The number of amides is 1. The maximum atomic E-state index is 11.1. The molecule has 4 heteroatoms. The van der Waals surface area contributed by atoms with Crippen molar-refractivity contribution in [2.45, 2.75) is 13.8 Å². The molecule has 0 radical (unpaired) electrons. The molecule has 1 amide bonds. The zero-order chi connectivity index (χ0) is 9.14. The van der Waals surface area contributed by atoms with Crippen LogP contribution >= 0.6 is 0 Å². The minimum absolute atomic E-state index is 0.261. The Labute approximate surface area is 71.5 Å². The number of carbonyl (C=O) groups excluding carboxylic acids is 1. The zero-order valence-corrected chi connectivity index (χ0v) is 7.29. The molecule has 1 rings (SSSR count). The van der Waals surface area contributed by atoms with Gasteiger partial charge in [0.2, 0.25) is 0 Å². The Morgan fingerprint density at radius 1 is 1.83 bits per heavy atom. The molecule has 0 fully saturated rings. The number of nitrogens with one attached hydrogen (secondary N) is 1. The van der Waals surface area contributed by atoms with Gasteiger partial charge in [-0.1, -0.05) is 13.0 Å². The van der Waals surface area contributed by atoms with Crippen molar-refractivity contribution in [2.75, 3.05) is 6.54 Å². The summed E-state index contributed by atoms with van der Waals surface area (Å²) in [5.74, 6) is 5.07. The zero-order valence-electron chi connectivity index (χ0n) is 7.29. The van der Waals surface area contributed by atoms with Crippen molar-refractivity contribution in [1.82, 2.24) is 5.43 Å². The van der Waals surface area contributed by atoms with E-state index in [1.807, 2.05) is 19.9 Å². The third-order valence-electron chi connectivity index (χ3n) is 1.83. The van der Waals surface area contributed by atoms with Crippen LogP contribution in [0.5, 0.6) is 0 Å². The molecule has 0 aromatic rings. The number of hydrazine groups is 1. The maximum absolute atomic E-state index is 11.1. The molecule has 0 bridgehead atoms. The summed E-state index contributed by atoms with van der Waals surface area (Å²) in [4.78, 5) is 15.3. The van der Waals surface area contributed by atoms with Crippen LogP contribution in [0.15, 0.2) is 16.6 Å². The Hall–Kier alpha value is -1.16. The highest BCUT2D eigenvalue weighted by Gasteiger charge is 2.16. The van der Waals surface area contributed by atoms with Crippen LogP contribution in [-0.4, -0.2) is 18.2 Å². The number of carbonyl (C=O) groups is 1. The van der Waals surface area contributed by atoms with Crippen LogP contribution < -0.4 is 11.3 Å². The first kappa shape index (κ1) is 8.93. The standard InChI is InChI=1S/C8H13N3O/c1-5-3-7(8(12)11-9)6(2)10-4-5/h3,5H,4,9H2,1-2H3,(H,11,12). The van der Waals surface area contributed by atoms with Crippen LogP contribution in [-0.2, 0) is 4.79 Å². The topological polar surface area (TPSA) is 67.5 Å². The van der Waals surface area contributed by atoms with Gasteiger partial charge in [-0.2, -0.15) is 0 Å². The van der Waals surface area contributed by atoms with Gasteiger partial charge in [-0.3, -0.25) is 15.2 Å². The molecule has 3 N–H and O–H groups in total. The molecule has 12 heavy (non-hydrogen) atoms. The molecule has 1 atom stereocenters. The fourth-order valence-corrected chi connectivity index (χ4v) is 1.14. The number of hydrogen-bond donors (Lipinski definition) is 2. The Kier molecular flexibility index (Phi) is 2.60. The number of dihydropyridines is 1. The fraction of sp³-hybridized carbons (Fsp3) is 0.500. The van der Waals surface area contributed by atoms with Gasteiger partial charge in [0.15, 0.2) is 0 Å². The van der Waals surface area contributed by atoms with Gasteiger partial charge in [0.25, 0.3) is 5.91 Å². The minimum Gasteiger partial charge on any atom is -0.290 e. The van der Waals surface area contributed by atoms with E-state index in [-0.39, 0.29) is 5.91 Å². The first-order valence-corrected chi connectivity index (χ1v) is 3.89. The van der Waals surface area contributed by atoms with Crippen molar-refractivity contribution in [2.24, 2.45) is 16.8 Å². The van der Waals surface area contributed by atoms with Gasteiger partial charge in [-0.25, -0.2) is 5.84 Å². The van der Waals surface area contributed by atoms with Crippen molar-refractivity contribution in [3.63, 3.8) is 0 Å². The molecule has 0 saturated heterocycles. The number of nitrogens with zero attached hydrogens (tertiary/aromatic N) is 1. The molecule has 66 valence electrons. The number of aliphatic imine (C=N–C) groups is 1. The van der Waals surface area contributed by atoms with E-state index in [1.165, 1.54) is 0 Å². The van der Waals surface area contributed by atoms with Crippen molar-refractivity contribution in [3.05, 3.63) is 11.6 Å². The van der Waals surface area contributed by atoms with Crippen molar-refractivity contribution >= 4 is 11.6 Å². The second kappa shape index (κ2) is 3.49. The normalized spacial score (nSPS) is 22.8. The number of nitrogens with two attached hydrogens (primary N) is 1. The van der Waals surface area contributed by atoms with Gasteiger partial charge in [0, 0.05) is 12.3 Å². The van der Waals surface area contributed by atoms with E-state index < -0.39 is 0 Å². The molecule has 0 saturated carbocycles. The Morgan fingerprint density at radius 2 is 2.50 bits per heavy atom. The highest BCUT2D eigenvalue weighted by Crippen LogP contribution is 2.12. The van der Waals surface area contributed by atoms with E-state index in [1.54, 1.807) is 0 Å². The minimum atomic E-state index is -0.261. The summed E-state index contributed by atoms with van der Waals surface area (Å²) < 4.78 is 0. The highest BCUT2D eigenvalue weighted by molar-refractivity contribution is 6.20. The first-order valence-electron chi connectivity index (χ1n) is 3.89. The lowest BCUT2D eigenvalue weighted by molar-refractivity contribution is -0.117. The highest BCUT2D eigenvalue weighted by atomic mass is 16.2. The summed E-state index contributed by atoms with van der Waals surface area (Å²) in [5, 5.41) is 0. The summed E-state index contributed by atoms with van der Waals surface area (Å²) >= 11 is 0. The Bertz CT molecular complexity index is 255. The van der Waals surface area contributed by atoms with Crippen LogP contribution in [0.4, 0.5) is 0 Å². The molecule has 0 spiro atoms. The Morgan fingerprint density at radius 3 is 3.08 bits per heavy atom. The van der Waals surface area contributed by atoms with Crippen LogP contribution in [0.2, 0.25) is 0 Å². The van der Waals surface area contributed by atoms with Crippen molar-refractivity contribution < 1.29 is 4.79 Å². The number of rotatable bonds is 1. The third-order valence-corrected chi connectivity index (χ3v) is 1.83. The van der Waals surface area contributed by atoms with E-state index in [4.69, 9.17) is 5.84 Å². The molecule has 1 aliphatic rings. The lowest BCUT2D eigenvalue weighted by atomic mass is 10.0. The monoisotopic (exact) mass is 167 g/mol. The predicted molar refractivity (Wildman–Crippen MR) is 47.6 cm³/mol. The van der Waals surface area contributed by atoms with Crippen LogP contribution in [0.3, 0.4) is 0 Å². The van der Waals surface area contributed by atoms with E-state index in [0.29, 0.717) is 11.5 Å². The Balaban J connectivity index is 2.86. The lowest BCUT2D eigenvalue weighted by Crippen LogP contribution is -2.34. The van der Waals surface area contributed by atoms with Crippen LogP contribution in [0.1, 0.15) is 13.8 Å². The van der Waals surface area contributed by atoms with Crippen molar-refractivity contribution in [3.8, 4) is 0 Å². The van der Waals surface area contributed by atoms with E-state index >= 15 is 0 Å². The van der Waals surface area contributed by atoms with E-state index in [9.17, 15) is 4.79 Å². The summed E-state index contributed by atoms with van der Waals surface area (Å²) in [6.45, 7) is 4.58. The molecule has 4 nitrogen and oxygen atoms in total. The van der Waals surface area contributed by atoms with Crippen LogP contribution in [0, 0.1) is 5.92 Å². The van der Waals surface area contributed by atoms with Gasteiger partial charge < -0.3 is 0 Å². The summed E-state index contributed by atoms with van der Waals surface area (Å²) in [5.41, 5.74) is 3.45. The summed E-state index contributed by atoms with van der Waals surface area (Å²) in [6.07, 6.45) is 1.89. The molecule has 0 aromatic carbocycles. The largest absolute Gasteiger partial charge is 0.290 e. The fourth-order valence-electron chi connectivity index (χ4n) is 1.14. The molecular formula is C8H13N3O. The van der Waals surface area contributed by atoms with Crippen LogP contribution in [0.25, 0.3) is 0 Å². The average Bonchev–Trinajstić information content (AvgIpc) is 2.08. The predicted octanol–water partition coefficient (Wildman–Crippen LogP) is 0.0133. The quantitative estimate of drug-likeness (QED) is 0.328. The summed E-state index contributed by atoms with van der Waals surface area (Å²) in [7, 11) is 0. The number of hydrogen-bond acceptors (Lipinski definition) is 3. The van der Waals surface area contributed by atoms with Gasteiger partial charge >= 0.3 is 0 Å². The molecule has 0 aliphatic carbocycles. The first-order chi connectivity index (χ1) is 5.65. The smallest absolute Gasteiger partial charge is 0.266 e. The van der Waals surface area contributed by atoms with Gasteiger partial charge in [-0.05, 0) is 12.8 Å². The SMILES string of the molecule is CC1=NCC(C)C=C1C(=O)NN.